The highest BCUT2D eigenvalue weighted by Crippen LogP contribution is 2.23. The van der Waals surface area contributed by atoms with Gasteiger partial charge in [-0.05, 0) is 31.0 Å². The maximum absolute atomic E-state index is 12.2. The van der Waals surface area contributed by atoms with Gasteiger partial charge in [-0.1, -0.05) is 18.0 Å². The Balaban J connectivity index is 2.17. The molecule has 0 radical (unpaired) electrons. The molecular weight excluding hydrogens is 316 g/mol. The molecule has 6 nitrogen and oxygen atoms in total. The number of carbonyl (C=O) groups is 1. The number of hydrogen-bond acceptors (Lipinski definition) is 4. The summed E-state index contributed by atoms with van der Waals surface area (Å²) < 4.78 is 32.7. The fourth-order valence-corrected chi connectivity index (χ4v) is 3.57. The van der Waals surface area contributed by atoms with Gasteiger partial charge in [-0.3, -0.25) is 4.79 Å². The zero-order valence-electron chi connectivity index (χ0n) is 11.6. The highest BCUT2D eigenvalue weighted by atomic mass is 35.5. The molecule has 116 valence electrons. The van der Waals surface area contributed by atoms with E-state index in [4.69, 9.17) is 16.3 Å². The molecule has 1 amide bonds. The van der Waals surface area contributed by atoms with Crippen LogP contribution in [0.4, 0.5) is 0 Å². The van der Waals surface area contributed by atoms with Crippen molar-refractivity contribution < 1.29 is 17.9 Å². The largest absolute Gasteiger partial charge is 0.496 e. The van der Waals surface area contributed by atoms with E-state index in [2.05, 4.69) is 4.72 Å². The molecule has 1 N–H and O–H groups in total. The van der Waals surface area contributed by atoms with Crippen LogP contribution in [-0.4, -0.2) is 38.8 Å². The predicted octanol–water partition coefficient (Wildman–Crippen LogP) is 1.81. The van der Waals surface area contributed by atoms with Crippen molar-refractivity contribution in [2.24, 2.45) is 0 Å². The van der Waals surface area contributed by atoms with Crippen molar-refractivity contribution in [2.75, 3.05) is 20.2 Å². The van der Waals surface area contributed by atoms with E-state index in [1.54, 1.807) is 0 Å². The molecule has 1 aliphatic rings. The summed E-state index contributed by atoms with van der Waals surface area (Å²) in [6.45, 7) is 0.862. The van der Waals surface area contributed by atoms with E-state index in [0.29, 0.717) is 18.1 Å². The summed E-state index contributed by atoms with van der Waals surface area (Å²) in [4.78, 5) is 12.2. The van der Waals surface area contributed by atoms with Crippen molar-refractivity contribution in [3.8, 4) is 5.75 Å². The molecular formula is C13H17ClN2O4S. The third-order valence-corrected chi connectivity index (χ3v) is 5.01. The molecule has 0 aliphatic carbocycles. The van der Waals surface area contributed by atoms with E-state index in [1.165, 1.54) is 29.6 Å². The molecule has 0 bridgehead atoms. The molecule has 2 rings (SSSR count). The molecule has 0 aromatic heterocycles. The number of piperidine rings is 1. The van der Waals surface area contributed by atoms with Crippen LogP contribution >= 0.6 is 11.6 Å². The number of halogens is 1. The summed E-state index contributed by atoms with van der Waals surface area (Å²) in [5, 5.41) is 0.405. The fourth-order valence-electron chi connectivity index (χ4n) is 2.19. The maximum atomic E-state index is 12.2. The van der Waals surface area contributed by atoms with Crippen LogP contribution in [0.15, 0.2) is 18.2 Å². The predicted molar refractivity (Wildman–Crippen MR) is 79.8 cm³/mol. The number of methoxy groups -OCH3 is 1. The van der Waals surface area contributed by atoms with Crippen LogP contribution in [0.5, 0.6) is 5.75 Å². The van der Waals surface area contributed by atoms with Crippen LogP contribution < -0.4 is 9.46 Å². The van der Waals surface area contributed by atoms with Crippen LogP contribution in [0.3, 0.4) is 0 Å². The first-order valence-corrected chi connectivity index (χ1v) is 8.41. The molecule has 0 spiro atoms. The lowest BCUT2D eigenvalue weighted by Gasteiger charge is -2.25. The van der Waals surface area contributed by atoms with Crippen molar-refractivity contribution in [3.63, 3.8) is 0 Å². The zero-order valence-corrected chi connectivity index (χ0v) is 13.2. The van der Waals surface area contributed by atoms with E-state index >= 15 is 0 Å². The first kappa shape index (κ1) is 16.1. The van der Waals surface area contributed by atoms with E-state index in [0.717, 1.165) is 19.3 Å². The lowest BCUT2D eigenvalue weighted by atomic mass is 10.2. The van der Waals surface area contributed by atoms with Gasteiger partial charge >= 0.3 is 10.2 Å². The van der Waals surface area contributed by atoms with E-state index in [1.807, 2.05) is 0 Å². The van der Waals surface area contributed by atoms with Gasteiger partial charge in [0.15, 0.2) is 0 Å². The van der Waals surface area contributed by atoms with E-state index in [-0.39, 0.29) is 11.3 Å². The normalized spacial score (nSPS) is 16.5. The van der Waals surface area contributed by atoms with Gasteiger partial charge < -0.3 is 4.74 Å². The Labute approximate surface area is 129 Å². The summed E-state index contributed by atoms with van der Waals surface area (Å²) in [7, 11) is -2.43. The average molecular weight is 333 g/mol. The lowest BCUT2D eigenvalue weighted by molar-refractivity contribution is 0.0975. The number of nitrogens with zero attached hydrogens (tertiary/aromatic N) is 1. The number of benzene rings is 1. The quantitative estimate of drug-likeness (QED) is 0.912. The number of amides is 1. The molecule has 1 fully saturated rings. The molecule has 1 heterocycles. The van der Waals surface area contributed by atoms with Crippen molar-refractivity contribution in [2.45, 2.75) is 19.3 Å². The number of rotatable bonds is 4. The Bertz CT molecular complexity index is 627. The Morgan fingerprint density at radius 1 is 1.29 bits per heavy atom. The highest BCUT2D eigenvalue weighted by Gasteiger charge is 2.27. The summed E-state index contributed by atoms with van der Waals surface area (Å²) in [6, 6.07) is 4.40. The Morgan fingerprint density at radius 2 is 1.95 bits per heavy atom. The molecule has 1 aliphatic heterocycles. The van der Waals surface area contributed by atoms with E-state index < -0.39 is 16.1 Å². The minimum absolute atomic E-state index is 0.127. The lowest BCUT2D eigenvalue weighted by Crippen LogP contribution is -2.45. The topological polar surface area (TPSA) is 75.7 Å². The molecule has 1 aromatic carbocycles. The number of ether oxygens (including phenoxy) is 1. The number of hydrogen-bond donors (Lipinski definition) is 1. The minimum atomic E-state index is -3.82. The Morgan fingerprint density at radius 3 is 2.57 bits per heavy atom. The van der Waals surface area contributed by atoms with Gasteiger partial charge in [0.05, 0.1) is 12.7 Å². The van der Waals surface area contributed by atoms with Crippen molar-refractivity contribution >= 4 is 27.7 Å². The van der Waals surface area contributed by atoms with Crippen molar-refractivity contribution in [1.29, 1.82) is 0 Å². The summed E-state index contributed by atoms with van der Waals surface area (Å²) >= 11 is 5.82. The van der Waals surface area contributed by atoms with Gasteiger partial charge in [-0.2, -0.15) is 12.7 Å². The number of nitrogens with one attached hydrogen (secondary N) is 1. The van der Waals surface area contributed by atoms with Crippen LogP contribution in [0.1, 0.15) is 29.6 Å². The van der Waals surface area contributed by atoms with Crippen LogP contribution in [0, 0.1) is 0 Å². The maximum Gasteiger partial charge on any atom is 0.304 e. The smallest absolute Gasteiger partial charge is 0.304 e. The van der Waals surface area contributed by atoms with Crippen LogP contribution in [0.2, 0.25) is 5.02 Å². The summed E-state index contributed by atoms with van der Waals surface area (Å²) in [6.07, 6.45) is 2.61. The Kier molecular flexibility index (Phi) is 5.08. The fraction of sp³-hybridized carbons (Fsp3) is 0.462. The molecule has 0 unspecified atom stereocenters. The number of carbonyl (C=O) groups excluding carboxylic acids is 1. The first-order chi connectivity index (χ1) is 9.94. The average Bonchev–Trinajstić information content (AvgIpc) is 2.47. The van der Waals surface area contributed by atoms with Crippen LogP contribution in [0.25, 0.3) is 0 Å². The van der Waals surface area contributed by atoms with Gasteiger partial charge in [0.25, 0.3) is 5.91 Å². The molecule has 0 atom stereocenters. The summed E-state index contributed by atoms with van der Waals surface area (Å²) in [5.74, 6) is -0.497. The minimum Gasteiger partial charge on any atom is -0.496 e. The highest BCUT2D eigenvalue weighted by molar-refractivity contribution is 7.87. The van der Waals surface area contributed by atoms with Gasteiger partial charge in [-0.15, -0.1) is 0 Å². The van der Waals surface area contributed by atoms with Gasteiger partial charge in [0.2, 0.25) is 0 Å². The van der Waals surface area contributed by atoms with Crippen LogP contribution in [-0.2, 0) is 10.2 Å². The molecule has 1 saturated heterocycles. The molecule has 0 saturated carbocycles. The summed E-state index contributed by atoms with van der Waals surface area (Å²) in [5.41, 5.74) is 0.127. The van der Waals surface area contributed by atoms with Gasteiger partial charge in [-0.25, -0.2) is 4.72 Å². The second kappa shape index (κ2) is 6.64. The van der Waals surface area contributed by atoms with Gasteiger partial charge in [0, 0.05) is 18.1 Å². The molecule has 1 aromatic rings. The SMILES string of the molecule is COc1cc(Cl)ccc1C(=O)NS(=O)(=O)N1CCCCC1. The molecule has 8 heteroatoms. The van der Waals surface area contributed by atoms with E-state index in [9.17, 15) is 13.2 Å². The third kappa shape index (κ3) is 3.87. The Hall–Kier alpha value is -1.31. The molecule has 21 heavy (non-hydrogen) atoms. The standard InChI is InChI=1S/C13H17ClN2O4S/c1-20-12-9-10(14)5-6-11(12)13(17)15-21(18,19)16-7-3-2-4-8-16/h5-6,9H,2-4,7-8H2,1H3,(H,15,17). The second-order valence-corrected chi connectivity index (χ2v) is 6.85. The van der Waals surface area contributed by atoms with Crippen molar-refractivity contribution in [1.82, 2.24) is 9.03 Å². The third-order valence-electron chi connectivity index (χ3n) is 3.28. The first-order valence-electron chi connectivity index (χ1n) is 6.60. The zero-order chi connectivity index (χ0) is 15.5. The second-order valence-electron chi connectivity index (χ2n) is 4.74. The van der Waals surface area contributed by atoms with Gasteiger partial charge in [0.1, 0.15) is 5.75 Å². The monoisotopic (exact) mass is 332 g/mol. The van der Waals surface area contributed by atoms with Crippen molar-refractivity contribution in [3.05, 3.63) is 28.8 Å².